The second-order valence-corrected chi connectivity index (χ2v) is 7.51. The van der Waals surface area contributed by atoms with Gasteiger partial charge in [0.1, 0.15) is 0 Å². The normalized spacial score (nSPS) is 11.2. The zero-order chi connectivity index (χ0) is 16.4. The van der Waals surface area contributed by atoms with Crippen molar-refractivity contribution in [2.45, 2.75) is 24.4 Å². The average molecular weight is 376 g/mol. The lowest BCUT2D eigenvalue weighted by Gasteiger charge is -2.04. The first-order valence-electron chi connectivity index (χ1n) is 7.30. The summed E-state index contributed by atoms with van der Waals surface area (Å²) in [5, 5.41) is 19.6. The van der Waals surface area contributed by atoms with Crippen molar-refractivity contribution in [2.24, 2.45) is 0 Å². The molecule has 9 heteroatoms. The number of hydrogen-bond donors (Lipinski definition) is 0. The Balaban J connectivity index is 1.50. The Bertz CT molecular complexity index is 911. The van der Waals surface area contributed by atoms with Crippen LogP contribution >= 0.6 is 34.4 Å². The topological polar surface area (TPSA) is 69.6 Å². The maximum atomic E-state index is 5.33. The summed E-state index contributed by atoms with van der Waals surface area (Å²) in [7, 11) is 0. The van der Waals surface area contributed by atoms with Crippen LogP contribution in [-0.4, -0.2) is 24.9 Å². The van der Waals surface area contributed by atoms with Gasteiger partial charge in [-0.25, -0.2) is 0 Å². The Morgan fingerprint density at radius 3 is 2.96 bits per heavy atom. The second-order valence-electron chi connectivity index (χ2n) is 4.84. The van der Waals surface area contributed by atoms with E-state index in [-0.39, 0.29) is 0 Å². The molecular formula is C15H13N5OS3. The van der Waals surface area contributed by atoms with Crippen molar-refractivity contribution < 1.29 is 4.52 Å². The fourth-order valence-corrected chi connectivity index (χ4v) is 4.41. The number of rotatable bonds is 6. The van der Waals surface area contributed by atoms with Gasteiger partial charge in [-0.05, 0) is 29.8 Å². The van der Waals surface area contributed by atoms with Gasteiger partial charge in [0.15, 0.2) is 11.0 Å². The first kappa shape index (κ1) is 15.6. The molecule has 0 atom stereocenters. The summed E-state index contributed by atoms with van der Waals surface area (Å²) >= 11 is 4.83. The van der Waals surface area contributed by atoms with Gasteiger partial charge in [0.2, 0.25) is 11.7 Å². The molecule has 0 aliphatic rings. The van der Waals surface area contributed by atoms with Crippen LogP contribution in [0, 0.1) is 0 Å². The van der Waals surface area contributed by atoms with E-state index in [9.17, 15) is 0 Å². The molecule has 0 bridgehead atoms. The van der Waals surface area contributed by atoms with Crippen LogP contribution in [0.3, 0.4) is 0 Å². The predicted molar refractivity (Wildman–Crippen MR) is 96.2 cm³/mol. The van der Waals surface area contributed by atoms with Crippen LogP contribution in [-0.2, 0) is 12.3 Å². The molecule has 122 valence electrons. The highest BCUT2D eigenvalue weighted by molar-refractivity contribution is 7.98. The SMILES string of the molecule is CCn1c(SCc2nc(-c3ccsc3)no2)nnc1-c1cccs1. The van der Waals surface area contributed by atoms with E-state index in [1.807, 2.05) is 28.3 Å². The maximum absolute atomic E-state index is 5.33. The lowest BCUT2D eigenvalue weighted by molar-refractivity contribution is 0.391. The molecule has 0 unspecified atom stereocenters. The largest absolute Gasteiger partial charge is 0.338 e. The Hall–Kier alpha value is -1.97. The van der Waals surface area contributed by atoms with Gasteiger partial charge in [-0.2, -0.15) is 16.3 Å². The summed E-state index contributed by atoms with van der Waals surface area (Å²) in [5.41, 5.74) is 0.983. The van der Waals surface area contributed by atoms with Crippen molar-refractivity contribution in [1.82, 2.24) is 24.9 Å². The summed E-state index contributed by atoms with van der Waals surface area (Å²) < 4.78 is 7.43. The molecule has 0 spiro atoms. The van der Waals surface area contributed by atoms with E-state index in [4.69, 9.17) is 4.52 Å². The van der Waals surface area contributed by atoms with Crippen LogP contribution in [0.25, 0.3) is 22.1 Å². The molecule has 0 saturated heterocycles. The molecular weight excluding hydrogens is 362 g/mol. The average Bonchev–Trinajstić information content (AvgIpc) is 3.40. The van der Waals surface area contributed by atoms with Crippen molar-refractivity contribution in [2.75, 3.05) is 0 Å². The minimum absolute atomic E-state index is 0.569. The van der Waals surface area contributed by atoms with Crippen molar-refractivity contribution >= 4 is 34.4 Å². The first-order chi connectivity index (χ1) is 11.8. The first-order valence-corrected chi connectivity index (χ1v) is 10.1. The lowest BCUT2D eigenvalue weighted by Crippen LogP contribution is -1.99. The van der Waals surface area contributed by atoms with Gasteiger partial charge >= 0.3 is 0 Å². The number of hydrogen-bond acceptors (Lipinski definition) is 8. The third-order valence-electron chi connectivity index (χ3n) is 3.35. The van der Waals surface area contributed by atoms with Crippen LogP contribution in [0.4, 0.5) is 0 Å². The zero-order valence-electron chi connectivity index (χ0n) is 12.7. The predicted octanol–water partition coefficient (Wildman–Crippen LogP) is 4.43. The molecule has 4 heterocycles. The fraction of sp³-hybridized carbons (Fsp3) is 0.200. The van der Waals surface area contributed by atoms with Crippen LogP contribution in [0.1, 0.15) is 12.8 Å². The molecule has 0 fully saturated rings. The molecule has 0 amide bonds. The van der Waals surface area contributed by atoms with E-state index in [1.165, 1.54) is 0 Å². The van der Waals surface area contributed by atoms with Crippen LogP contribution in [0.5, 0.6) is 0 Å². The molecule has 4 aromatic heterocycles. The Labute approximate surface area is 150 Å². The van der Waals surface area contributed by atoms with Gasteiger partial charge in [0.25, 0.3) is 0 Å². The van der Waals surface area contributed by atoms with Gasteiger partial charge in [-0.1, -0.05) is 23.0 Å². The van der Waals surface area contributed by atoms with Gasteiger partial charge in [-0.3, -0.25) is 0 Å². The van der Waals surface area contributed by atoms with Gasteiger partial charge in [0, 0.05) is 17.5 Å². The van der Waals surface area contributed by atoms with Gasteiger partial charge < -0.3 is 9.09 Å². The van der Waals surface area contributed by atoms with Crippen molar-refractivity contribution in [3.8, 4) is 22.1 Å². The Morgan fingerprint density at radius 1 is 1.25 bits per heavy atom. The molecule has 0 radical (unpaired) electrons. The van der Waals surface area contributed by atoms with Crippen molar-refractivity contribution in [1.29, 1.82) is 0 Å². The highest BCUT2D eigenvalue weighted by Gasteiger charge is 2.16. The molecule has 4 aromatic rings. The Kier molecular flexibility index (Phi) is 4.46. The van der Waals surface area contributed by atoms with E-state index in [1.54, 1.807) is 34.4 Å². The van der Waals surface area contributed by atoms with E-state index < -0.39 is 0 Å². The molecule has 0 aliphatic carbocycles. The number of thioether (sulfide) groups is 1. The molecule has 24 heavy (non-hydrogen) atoms. The van der Waals surface area contributed by atoms with Gasteiger partial charge in [0.05, 0.1) is 10.6 Å². The summed E-state index contributed by atoms with van der Waals surface area (Å²) in [5.74, 6) is 2.69. The summed E-state index contributed by atoms with van der Waals surface area (Å²) in [6, 6.07) is 6.06. The van der Waals surface area contributed by atoms with Crippen molar-refractivity contribution in [3.63, 3.8) is 0 Å². The molecule has 4 rings (SSSR count). The summed E-state index contributed by atoms with van der Waals surface area (Å²) in [6.07, 6.45) is 0. The van der Waals surface area contributed by atoms with E-state index in [0.717, 1.165) is 28.0 Å². The van der Waals surface area contributed by atoms with Crippen molar-refractivity contribution in [3.05, 3.63) is 40.2 Å². The molecule has 0 saturated carbocycles. The minimum atomic E-state index is 0.569. The quantitative estimate of drug-likeness (QED) is 0.464. The minimum Gasteiger partial charge on any atom is -0.338 e. The fourth-order valence-electron chi connectivity index (χ4n) is 2.22. The summed E-state index contributed by atoms with van der Waals surface area (Å²) in [4.78, 5) is 5.55. The van der Waals surface area contributed by atoms with E-state index in [0.29, 0.717) is 17.5 Å². The zero-order valence-corrected chi connectivity index (χ0v) is 15.2. The van der Waals surface area contributed by atoms with E-state index in [2.05, 4.69) is 37.9 Å². The third kappa shape index (κ3) is 3.02. The smallest absolute Gasteiger partial charge is 0.237 e. The standard InChI is InChI=1S/C15H13N5OS3/c1-2-20-14(11-4-3-6-23-11)17-18-15(20)24-9-12-16-13(19-21-12)10-5-7-22-8-10/h3-8H,2,9H2,1H3. The summed E-state index contributed by atoms with van der Waals surface area (Å²) in [6.45, 7) is 2.90. The molecule has 0 N–H and O–H groups in total. The van der Waals surface area contributed by atoms with Crippen LogP contribution < -0.4 is 0 Å². The highest BCUT2D eigenvalue weighted by Crippen LogP contribution is 2.29. The van der Waals surface area contributed by atoms with Crippen LogP contribution in [0.15, 0.2) is 44.0 Å². The monoisotopic (exact) mass is 375 g/mol. The van der Waals surface area contributed by atoms with Crippen LogP contribution in [0.2, 0.25) is 0 Å². The number of aromatic nitrogens is 5. The number of thiophene rings is 2. The van der Waals surface area contributed by atoms with Gasteiger partial charge in [-0.15, -0.1) is 21.5 Å². The lowest BCUT2D eigenvalue weighted by atomic mass is 10.3. The Morgan fingerprint density at radius 2 is 2.21 bits per heavy atom. The highest BCUT2D eigenvalue weighted by atomic mass is 32.2. The molecule has 0 aliphatic heterocycles. The second kappa shape index (κ2) is 6.88. The molecule has 6 nitrogen and oxygen atoms in total. The maximum Gasteiger partial charge on any atom is 0.237 e. The molecule has 0 aromatic carbocycles. The third-order valence-corrected chi connectivity index (χ3v) is 5.85. The van der Waals surface area contributed by atoms with E-state index >= 15 is 0 Å². The number of nitrogens with zero attached hydrogens (tertiary/aromatic N) is 5.